The number of likely N-dealkylation sites (tertiary alicyclic amines) is 1. The van der Waals surface area contributed by atoms with Crippen LogP contribution in [0, 0.1) is 11.3 Å². The number of rotatable bonds is 2. The number of hydrogen-bond donors (Lipinski definition) is 1. The lowest BCUT2D eigenvalue weighted by atomic mass is 9.91. The van der Waals surface area contributed by atoms with E-state index in [1.165, 1.54) is 12.8 Å². The summed E-state index contributed by atoms with van der Waals surface area (Å²) in [5, 5.41) is 3.39. The van der Waals surface area contributed by atoms with Gasteiger partial charge in [-0.3, -0.25) is 4.79 Å². The van der Waals surface area contributed by atoms with Crippen molar-refractivity contribution in [3.63, 3.8) is 0 Å². The Labute approximate surface area is 109 Å². The summed E-state index contributed by atoms with van der Waals surface area (Å²) < 4.78 is 5.36. The number of piperidine rings is 2. The van der Waals surface area contributed by atoms with Crippen LogP contribution in [0.4, 0.5) is 0 Å². The third-order valence-corrected chi connectivity index (χ3v) is 5.17. The van der Waals surface area contributed by atoms with Crippen LogP contribution in [0.1, 0.15) is 32.1 Å². The fourth-order valence-electron chi connectivity index (χ4n) is 3.71. The van der Waals surface area contributed by atoms with E-state index in [-0.39, 0.29) is 0 Å². The molecule has 0 aromatic carbocycles. The van der Waals surface area contributed by atoms with Crippen LogP contribution >= 0.6 is 0 Å². The van der Waals surface area contributed by atoms with Crippen LogP contribution in [-0.4, -0.2) is 50.2 Å². The molecule has 0 aromatic heterocycles. The fourth-order valence-corrected chi connectivity index (χ4v) is 3.71. The zero-order valence-corrected chi connectivity index (χ0v) is 11.3. The number of ether oxygens (including phenoxy) is 1. The first-order chi connectivity index (χ1) is 8.75. The van der Waals surface area contributed by atoms with Gasteiger partial charge in [-0.05, 0) is 50.6 Å². The molecule has 102 valence electrons. The van der Waals surface area contributed by atoms with E-state index >= 15 is 0 Å². The zero-order chi connectivity index (χ0) is 12.6. The summed E-state index contributed by atoms with van der Waals surface area (Å²) in [6.45, 7) is 3.97. The Bertz CT molecular complexity index is 318. The molecule has 4 heteroatoms. The van der Waals surface area contributed by atoms with E-state index in [1.807, 2.05) is 0 Å². The highest BCUT2D eigenvalue weighted by Gasteiger charge is 2.58. The Morgan fingerprint density at radius 3 is 2.56 bits per heavy atom. The van der Waals surface area contributed by atoms with Crippen LogP contribution in [0.15, 0.2) is 0 Å². The molecule has 1 spiro atoms. The average molecular weight is 252 g/mol. The summed E-state index contributed by atoms with van der Waals surface area (Å²) in [6.07, 6.45) is 5.89. The molecule has 2 heterocycles. The second-order valence-corrected chi connectivity index (χ2v) is 6.13. The largest absolute Gasteiger partial charge is 0.381 e. The molecule has 1 atom stereocenters. The van der Waals surface area contributed by atoms with Crippen LogP contribution in [0.5, 0.6) is 0 Å². The maximum Gasteiger partial charge on any atom is 0.226 e. The third kappa shape index (κ3) is 2.16. The highest BCUT2D eigenvalue weighted by atomic mass is 16.5. The number of carbonyl (C=O) groups is 1. The van der Waals surface area contributed by atoms with Crippen molar-refractivity contribution in [1.82, 2.24) is 10.2 Å². The molecule has 4 nitrogen and oxygen atoms in total. The minimum atomic E-state index is 0.332. The predicted molar refractivity (Wildman–Crippen MR) is 69.3 cm³/mol. The predicted octanol–water partition coefficient (Wildman–Crippen LogP) is 1.01. The molecule has 1 aliphatic carbocycles. The number of hydrogen-bond acceptors (Lipinski definition) is 3. The summed E-state index contributed by atoms with van der Waals surface area (Å²) in [5.41, 5.74) is 0.375. The Morgan fingerprint density at radius 1 is 1.28 bits per heavy atom. The maximum atomic E-state index is 12.5. The first kappa shape index (κ1) is 12.4. The van der Waals surface area contributed by atoms with Crippen molar-refractivity contribution in [3.05, 3.63) is 0 Å². The average Bonchev–Trinajstić information content (AvgIpc) is 3.12. The Morgan fingerprint density at radius 2 is 1.94 bits per heavy atom. The van der Waals surface area contributed by atoms with E-state index in [0.717, 1.165) is 45.4 Å². The lowest BCUT2D eigenvalue weighted by Gasteiger charge is -2.32. The molecular formula is C14H24N2O2. The van der Waals surface area contributed by atoms with Crippen molar-refractivity contribution < 1.29 is 9.53 Å². The van der Waals surface area contributed by atoms with Gasteiger partial charge in [-0.15, -0.1) is 0 Å². The van der Waals surface area contributed by atoms with Gasteiger partial charge < -0.3 is 15.0 Å². The van der Waals surface area contributed by atoms with Crippen LogP contribution in [0.25, 0.3) is 0 Å². The van der Waals surface area contributed by atoms with Gasteiger partial charge in [-0.2, -0.15) is 0 Å². The zero-order valence-electron chi connectivity index (χ0n) is 11.3. The highest BCUT2D eigenvalue weighted by molar-refractivity contribution is 5.82. The van der Waals surface area contributed by atoms with Crippen LogP contribution < -0.4 is 5.32 Å². The molecule has 3 rings (SSSR count). The Kier molecular flexibility index (Phi) is 3.32. The van der Waals surface area contributed by atoms with Crippen molar-refractivity contribution in [2.75, 3.05) is 33.3 Å². The minimum absolute atomic E-state index is 0.332. The van der Waals surface area contributed by atoms with Gasteiger partial charge in [0.05, 0.1) is 6.10 Å². The van der Waals surface area contributed by atoms with Gasteiger partial charge in [-0.1, -0.05) is 0 Å². The fraction of sp³-hybridized carbons (Fsp3) is 0.929. The highest BCUT2D eigenvalue weighted by Crippen LogP contribution is 2.59. The molecule has 0 aromatic rings. The number of amides is 1. The molecule has 18 heavy (non-hydrogen) atoms. The summed E-state index contributed by atoms with van der Waals surface area (Å²) in [4.78, 5) is 14.6. The Hall–Kier alpha value is -0.610. The second-order valence-electron chi connectivity index (χ2n) is 6.13. The minimum Gasteiger partial charge on any atom is -0.381 e. The number of methoxy groups -OCH3 is 1. The maximum absolute atomic E-state index is 12.5. The monoisotopic (exact) mass is 252 g/mol. The number of nitrogens with zero attached hydrogens (tertiary/aromatic N) is 1. The first-order valence-corrected chi connectivity index (χ1v) is 7.27. The molecule has 1 amide bonds. The van der Waals surface area contributed by atoms with Gasteiger partial charge in [0.25, 0.3) is 0 Å². The molecule has 1 unspecified atom stereocenters. The summed E-state index contributed by atoms with van der Waals surface area (Å²) >= 11 is 0. The summed E-state index contributed by atoms with van der Waals surface area (Å²) in [7, 11) is 1.77. The molecule has 2 saturated heterocycles. The van der Waals surface area contributed by atoms with E-state index in [0.29, 0.717) is 23.3 Å². The van der Waals surface area contributed by atoms with E-state index in [1.54, 1.807) is 7.11 Å². The molecule has 3 aliphatic rings. The topological polar surface area (TPSA) is 41.6 Å². The normalized spacial score (nSPS) is 31.6. The SMILES string of the molecule is COC1CCN(C(=O)C2CC23CCNCC3)CC1. The van der Waals surface area contributed by atoms with Crippen molar-refractivity contribution in [3.8, 4) is 0 Å². The Balaban J connectivity index is 1.54. The van der Waals surface area contributed by atoms with Gasteiger partial charge in [0.15, 0.2) is 0 Å². The molecular weight excluding hydrogens is 228 g/mol. The van der Waals surface area contributed by atoms with Crippen molar-refractivity contribution in [2.24, 2.45) is 11.3 Å². The molecule has 2 aliphatic heterocycles. The molecule has 0 bridgehead atoms. The van der Waals surface area contributed by atoms with Crippen LogP contribution in [0.2, 0.25) is 0 Å². The van der Waals surface area contributed by atoms with Crippen molar-refractivity contribution >= 4 is 5.91 Å². The molecule has 3 fully saturated rings. The van der Waals surface area contributed by atoms with Crippen molar-refractivity contribution in [2.45, 2.75) is 38.2 Å². The van der Waals surface area contributed by atoms with Gasteiger partial charge in [-0.25, -0.2) is 0 Å². The lowest BCUT2D eigenvalue weighted by molar-refractivity contribution is -0.136. The van der Waals surface area contributed by atoms with E-state index < -0.39 is 0 Å². The van der Waals surface area contributed by atoms with Gasteiger partial charge >= 0.3 is 0 Å². The van der Waals surface area contributed by atoms with Gasteiger partial charge in [0.2, 0.25) is 5.91 Å². The van der Waals surface area contributed by atoms with Crippen LogP contribution in [0.3, 0.4) is 0 Å². The number of nitrogens with one attached hydrogen (secondary N) is 1. The number of carbonyl (C=O) groups excluding carboxylic acids is 1. The molecule has 1 N–H and O–H groups in total. The molecule has 1 saturated carbocycles. The van der Waals surface area contributed by atoms with E-state index in [4.69, 9.17) is 4.74 Å². The lowest BCUT2D eigenvalue weighted by Crippen LogP contribution is -2.42. The smallest absolute Gasteiger partial charge is 0.226 e. The van der Waals surface area contributed by atoms with E-state index in [9.17, 15) is 4.79 Å². The third-order valence-electron chi connectivity index (χ3n) is 5.17. The summed E-state index contributed by atoms with van der Waals surface area (Å²) in [5.74, 6) is 0.755. The van der Waals surface area contributed by atoms with Gasteiger partial charge in [0, 0.05) is 26.1 Å². The van der Waals surface area contributed by atoms with E-state index in [2.05, 4.69) is 10.2 Å². The quantitative estimate of drug-likeness (QED) is 0.797. The first-order valence-electron chi connectivity index (χ1n) is 7.27. The van der Waals surface area contributed by atoms with Crippen LogP contribution in [-0.2, 0) is 9.53 Å². The molecule has 0 radical (unpaired) electrons. The van der Waals surface area contributed by atoms with Crippen molar-refractivity contribution in [1.29, 1.82) is 0 Å². The standard InChI is InChI=1S/C14H24N2O2/c1-18-11-2-8-16(9-3-11)13(17)12-10-14(12)4-6-15-7-5-14/h11-12,15H,2-10H2,1H3. The van der Waals surface area contributed by atoms with Gasteiger partial charge in [0.1, 0.15) is 0 Å². The second kappa shape index (κ2) is 4.82. The summed E-state index contributed by atoms with van der Waals surface area (Å²) in [6, 6.07) is 0.